The molecular formula is C14H36O4Si3. The molecule has 0 aliphatic rings. The first-order valence-electron chi connectivity index (χ1n) is 8.41. The summed E-state index contributed by atoms with van der Waals surface area (Å²) in [5, 5.41) is 0. The van der Waals surface area contributed by atoms with E-state index in [2.05, 4.69) is 41.5 Å². The largest absolute Gasteiger partial charge is 0.415 e. The van der Waals surface area contributed by atoms with Gasteiger partial charge in [-0.1, -0.05) is 41.5 Å². The molecule has 7 heteroatoms. The highest BCUT2D eigenvalue weighted by Crippen LogP contribution is 2.33. The van der Waals surface area contributed by atoms with Crippen LogP contribution in [0.5, 0.6) is 0 Å². The fraction of sp³-hybridized carbons (Fsp3) is 1.00. The van der Waals surface area contributed by atoms with E-state index >= 15 is 0 Å². The van der Waals surface area contributed by atoms with Crippen LogP contribution in [-0.2, 0) is 17.1 Å². The normalized spacial score (nSPS) is 13.7. The zero-order chi connectivity index (χ0) is 16.6. The summed E-state index contributed by atoms with van der Waals surface area (Å²) in [6, 6.07) is 5.80. The lowest BCUT2D eigenvalue weighted by atomic mass is 10.9. The summed E-state index contributed by atoms with van der Waals surface area (Å²) < 4.78 is 25.2. The van der Waals surface area contributed by atoms with Gasteiger partial charge >= 0.3 is 25.7 Å². The zero-order valence-electron chi connectivity index (χ0n) is 15.4. The maximum absolute atomic E-state index is 6.72. The summed E-state index contributed by atoms with van der Waals surface area (Å²) in [6.45, 7) is 13.1. The molecule has 0 fully saturated rings. The van der Waals surface area contributed by atoms with Gasteiger partial charge in [0.1, 0.15) is 0 Å². The minimum atomic E-state index is -2.27. The van der Waals surface area contributed by atoms with Crippen LogP contribution in [-0.4, -0.2) is 39.9 Å². The van der Waals surface area contributed by atoms with Crippen molar-refractivity contribution in [2.75, 3.05) is 14.2 Å². The Kier molecular flexibility index (Phi) is 9.81. The minimum Gasteiger partial charge on any atom is -0.415 e. The molecule has 0 aromatic rings. The fourth-order valence-corrected chi connectivity index (χ4v) is 16.6. The standard InChI is InChI=1S/C14H36O4Si3/c1-9-19(10-2,15-7)17-21(13-5,14-6)18-20(11-3,12-4)16-8/h9-14H2,1-8H3. The van der Waals surface area contributed by atoms with Gasteiger partial charge in [0, 0.05) is 14.2 Å². The molecule has 0 aliphatic carbocycles. The smallest absolute Gasteiger partial charge is 0.328 e. The summed E-state index contributed by atoms with van der Waals surface area (Å²) in [5.74, 6) is 0. The Morgan fingerprint density at radius 3 is 0.857 bits per heavy atom. The van der Waals surface area contributed by atoms with Crippen LogP contribution in [0.2, 0.25) is 36.3 Å². The van der Waals surface area contributed by atoms with Crippen molar-refractivity contribution < 1.29 is 17.1 Å². The van der Waals surface area contributed by atoms with Crippen molar-refractivity contribution in [3.63, 3.8) is 0 Å². The Labute approximate surface area is 135 Å². The van der Waals surface area contributed by atoms with Crippen molar-refractivity contribution in [1.82, 2.24) is 0 Å². The molecular weight excluding hydrogens is 316 g/mol. The second-order valence-corrected chi connectivity index (χ2v) is 17.6. The molecule has 0 saturated carbocycles. The highest BCUT2D eigenvalue weighted by Gasteiger charge is 2.49. The molecule has 0 rings (SSSR count). The number of hydrogen-bond acceptors (Lipinski definition) is 4. The van der Waals surface area contributed by atoms with E-state index in [0.29, 0.717) is 0 Å². The van der Waals surface area contributed by atoms with Gasteiger partial charge < -0.3 is 17.1 Å². The van der Waals surface area contributed by atoms with Gasteiger partial charge in [-0.15, -0.1) is 0 Å². The Morgan fingerprint density at radius 2 is 0.714 bits per heavy atom. The summed E-state index contributed by atoms with van der Waals surface area (Å²) in [7, 11) is -2.93. The molecule has 0 N–H and O–H groups in total. The Hall–Kier alpha value is 0.491. The molecule has 21 heavy (non-hydrogen) atoms. The topological polar surface area (TPSA) is 36.9 Å². The van der Waals surface area contributed by atoms with Crippen LogP contribution in [0.4, 0.5) is 0 Å². The third kappa shape index (κ3) is 5.26. The van der Waals surface area contributed by atoms with Crippen molar-refractivity contribution in [2.45, 2.75) is 77.8 Å². The first-order chi connectivity index (χ1) is 9.90. The number of rotatable bonds is 12. The molecule has 0 aliphatic heterocycles. The average molecular weight is 353 g/mol. The summed E-state index contributed by atoms with van der Waals surface area (Å²) >= 11 is 0. The first kappa shape index (κ1) is 21.5. The van der Waals surface area contributed by atoms with Crippen LogP contribution in [0.25, 0.3) is 0 Å². The lowest BCUT2D eigenvalue weighted by Gasteiger charge is -2.43. The number of hydrogen-bond donors (Lipinski definition) is 0. The van der Waals surface area contributed by atoms with Gasteiger partial charge in [0.15, 0.2) is 0 Å². The van der Waals surface area contributed by atoms with Crippen LogP contribution in [0.3, 0.4) is 0 Å². The van der Waals surface area contributed by atoms with Gasteiger partial charge in [-0.3, -0.25) is 0 Å². The van der Waals surface area contributed by atoms with Crippen molar-refractivity contribution in [1.29, 1.82) is 0 Å². The maximum Gasteiger partial charge on any atom is 0.328 e. The lowest BCUT2D eigenvalue weighted by Crippen LogP contribution is -2.59. The van der Waals surface area contributed by atoms with Crippen molar-refractivity contribution in [3.8, 4) is 0 Å². The van der Waals surface area contributed by atoms with Crippen LogP contribution < -0.4 is 0 Å². The van der Waals surface area contributed by atoms with E-state index in [1.807, 2.05) is 0 Å². The van der Waals surface area contributed by atoms with Gasteiger partial charge in [0.05, 0.1) is 0 Å². The molecule has 0 aromatic heterocycles. The van der Waals surface area contributed by atoms with Crippen LogP contribution in [0, 0.1) is 0 Å². The van der Waals surface area contributed by atoms with E-state index in [-0.39, 0.29) is 0 Å². The monoisotopic (exact) mass is 352 g/mol. The molecule has 0 bridgehead atoms. The molecule has 128 valence electrons. The second kappa shape index (κ2) is 9.59. The molecule has 0 aromatic carbocycles. The molecule has 0 heterocycles. The Balaban J connectivity index is 5.42. The minimum absolute atomic E-state index is 0.958. The van der Waals surface area contributed by atoms with E-state index in [9.17, 15) is 0 Å². The quantitative estimate of drug-likeness (QED) is 0.475. The van der Waals surface area contributed by atoms with E-state index in [0.717, 1.165) is 36.3 Å². The molecule has 0 atom stereocenters. The SMILES string of the molecule is CC[Si](CC)(OC)O[Si](CC)(CC)O[Si](CC)(CC)OC. The van der Waals surface area contributed by atoms with Crippen LogP contribution in [0.15, 0.2) is 0 Å². The summed E-state index contributed by atoms with van der Waals surface area (Å²) in [4.78, 5) is 0. The fourth-order valence-electron chi connectivity index (χ4n) is 2.69. The van der Waals surface area contributed by atoms with Gasteiger partial charge in [-0.05, 0) is 36.3 Å². The predicted molar refractivity (Wildman–Crippen MR) is 96.3 cm³/mol. The van der Waals surface area contributed by atoms with Crippen LogP contribution >= 0.6 is 0 Å². The van der Waals surface area contributed by atoms with E-state index in [4.69, 9.17) is 17.1 Å². The highest BCUT2D eigenvalue weighted by molar-refractivity contribution is 6.86. The average Bonchev–Trinajstić information content (AvgIpc) is 2.57. The summed E-state index contributed by atoms with van der Waals surface area (Å²) in [5.41, 5.74) is 0. The second-order valence-electron chi connectivity index (χ2n) is 5.47. The van der Waals surface area contributed by atoms with E-state index in [1.54, 1.807) is 14.2 Å². The van der Waals surface area contributed by atoms with E-state index in [1.165, 1.54) is 0 Å². The zero-order valence-corrected chi connectivity index (χ0v) is 18.4. The maximum atomic E-state index is 6.72. The van der Waals surface area contributed by atoms with E-state index < -0.39 is 25.7 Å². The van der Waals surface area contributed by atoms with Gasteiger partial charge in [-0.2, -0.15) is 0 Å². The highest BCUT2D eigenvalue weighted by atomic mass is 28.5. The van der Waals surface area contributed by atoms with Gasteiger partial charge in [-0.25, -0.2) is 0 Å². The third-order valence-electron chi connectivity index (χ3n) is 4.72. The summed E-state index contributed by atoms with van der Waals surface area (Å²) in [6.07, 6.45) is 0. The molecule has 0 saturated heterocycles. The molecule has 0 spiro atoms. The lowest BCUT2D eigenvalue weighted by molar-refractivity contribution is 0.228. The van der Waals surface area contributed by atoms with Crippen LogP contribution in [0.1, 0.15) is 41.5 Å². The van der Waals surface area contributed by atoms with Crippen molar-refractivity contribution in [3.05, 3.63) is 0 Å². The molecule has 0 unspecified atom stereocenters. The Morgan fingerprint density at radius 1 is 0.476 bits per heavy atom. The Bertz CT molecular complexity index is 237. The van der Waals surface area contributed by atoms with Gasteiger partial charge in [0.2, 0.25) is 0 Å². The predicted octanol–water partition coefficient (Wildman–Crippen LogP) is 4.76. The van der Waals surface area contributed by atoms with Crippen molar-refractivity contribution in [2.24, 2.45) is 0 Å². The van der Waals surface area contributed by atoms with Crippen molar-refractivity contribution >= 4 is 25.7 Å². The molecule has 0 radical (unpaired) electrons. The first-order valence-corrected chi connectivity index (χ1v) is 15.1. The third-order valence-corrected chi connectivity index (χ3v) is 18.6. The molecule has 0 amide bonds. The molecule has 4 nitrogen and oxygen atoms in total. The van der Waals surface area contributed by atoms with Gasteiger partial charge in [0.25, 0.3) is 0 Å².